The van der Waals surface area contributed by atoms with Crippen LogP contribution >= 0.6 is 11.6 Å². The molecule has 2 aromatic carbocycles. The number of hydrogen-bond acceptors (Lipinski definition) is 5. The van der Waals surface area contributed by atoms with Crippen molar-refractivity contribution in [1.29, 1.82) is 0 Å². The van der Waals surface area contributed by atoms with Crippen LogP contribution in [0.25, 0.3) is 10.9 Å². The van der Waals surface area contributed by atoms with Crippen molar-refractivity contribution < 1.29 is 0 Å². The first-order valence-electron chi connectivity index (χ1n) is 8.60. The number of hydrogen-bond donors (Lipinski definition) is 4. The van der Waals surface area contributed by atoms with Crippen LogP contribution in [-0.4, -0.2) is 15.0 Å². The lowest BCUT2D eigenvalue weighted by atomic mass is 9.82. The van der Waals surface area contributed by atoms with Crippen LogP contribution < -0.4 is 22.2 Å². The molecule has 1 aliphatic heterocycles. The fourth-order valence-corrected chi connectivity index (χ4v) is 3.91. The molecular formula is C20H14ClN5O2. The van der Waals surface area contributed by atoms with E-state index in [2.05, 4.69) is 20.3 Å². The van der Waals surface area contributed by atoms with Crippen molar-refractivity contribution in [1.82, 2.24) is 15.0 Å². The molecule has 0 fully saturated rings. The van der Waals surface area contributed by atoms with E-state index in [1.54, 1.807) is 24.3 Å². The van der Waals surface area contributed by atoms with Crippen LogP contribution in [0.2, 0.25) is 5.02 Å². The number of nitrogens with one attached hydrogen (secondary N) is 3. The van der Waals surface area contributed by atoms with Crippen molar-refractivity contribution in [2.24, 2.45) is 0 Å². The number of benzene rings is 2. The molecule has 2 aromatic heterocycles. The molecule has 0 saturated carbocycles. The van der Waals surface area contributed by atoms with Crippen LogP contribution in [0.1, 0.15) is 22.6 Å². The summed E-state index contributed by atoms with van der Waals surface area (Å²) in [5.41, 5.74) is 7.93. The Morgan fingerprint density at radius 3 is 2.43 bits per heavy atom. The fraction of sp³-hybridized carbons (Fsp3) is 0.0500. The summed E-state index contributed by atoms with van der Waals surface area (Å²) >= 11 is 6.04. The summed E-state index contributed by atoms with van der Waals surface area (Å²) in [7, 11) is 0. The van der Waals surface area contributed by atoms with E-state index >= 15 is 0 Å². The quantitative estimate of drug-likeness (QED) is 0.350. The maximum Gasteiger partial charge on any atom is 0.258 e. The van der Waals surface area contributed by atoms with Crippen LogP contribution in [0.5, 0.6) is 0 Å². The predicted octanol–water partition coefficient (Wildman–Crippen LogP) is 3.08. The molecule has 0 amide bonds. The minimum Gasteiger partial charge on any atom is -0.369 e. The third-order valence-corrected chi connectivity index (χ3v) is 5.21. The molecule has 0 bridgehead atoms. The normalized spacial score (nSPS) is 15.0. The minimum absolute atomic E-state index is 0.00343. The number of H-pyrrole nitrogens is 2. The second-order valence-corrected chi connectivity index (χ2v) is 7.05. The van der Waals surface area contributed by atoms with Crippen LogP contribution in [0.3, 0.4) is 0 Å². The van der Waals surface area contributed by atoms with Gasteiger partial charge in [-0.05, 0) is 23.8 Å². The summed E-state index contributed by atoms with van der Waals surface area (Å²) in [6, 6.07) is 14.5. The standard InChI is InChI=1S/C20H14ClN5O2/c21-10-7-5-9(6-8-10)13-14-16(11-3-1-2-4-12(11)23-18(14)27)24-17-15(13)19(28)26-20(22)25-17/h1-8,13H,(H,23,27)(H4,22,24,25,26,28). The summed E-state index contributed by atoms with van der Waals surface area (Å²) < 4.78 is 0. The first-order valence-corrected chi connectivity index (χ1v) is 8.98. The first kappa shape index (κ1) is 16.6. The van der Waals surface area contributed by atoms with Gasteiger partial charge in [-0.25, -0.2) is 0 Å². The van der Waals surface area contributed by atoms with E-state index in [9.17, 15) is 9.59 Å². The summed E-state index contributed by atoms with van der Waals surface area (Å²) in [6.07, 6.45) is 0. The van der Waals surface area contributed by atoms with Gasteiger partial charge >= 0.3 is 0 Å². The molecule has 1 aliphatic rings. The van der Waals surface area contributed by atoms with Gasteiger partial charge in [0.05, 0.1) is 28.2 Å². The second kappa shape index (κ2) is 5.97. The van der Waals surface area contributed by atoms with E-state index in [1.165, 1.54) is 0 Å². The lowest BCUT2D eigenvalue weighted by Crippen LogP contribution is -2.31. The molecule has 7 nitrogen and oxygen atoms in total. The molecule has 8 heteroatoms. The SMILES string of the molecule is Nc1nc2c(c(=O)[nH]1)C(c1ccc(Cl)cc1)c1c(c3ccccc3[nH]c1=O)N2. The van der Waals surface area contributed by atoms with Crippen molar-refractivity contribution in [2.45, 2.75) is 5.92 Å². The number of para-hydroxylation sites is 1. The molecular weight excluding hydrogens is 378 g/mol. The Kier molecular flexibility index (Phi) is 3.53. The predicted molar refractivity (Wildman–Crippen MR) is 110 cm³/mol. The molecule has 1 atom stereocenters. The van der Waals surface area contributed by atoms with Gasteiger partial charge in [-0.3, -0.25) is 14.6 Å². The number of anilines is 3. The van der Waals surface area contributed by atoms with Gasteiger partial charge in [0.25, 0.3) is 11.1 Å². The van der Waals surface area contributed by atoms with Crippen molar-refractivity contribution in [3.8, 4) is 0 Å². The Bertz CT molecular complexity index is 1360. The monoisotopic (exact) mass is 391 g/mol. The Morgan fingerprint density at radius 1 is 0.929 bits per heavy atom. The molecule has 3 heterocycles. The molecule has 0 radical (unpaired) electrons. The summed E-state index contributed by atoms with van der Waals surface area (Å²) in [5, 5.41) is 4.55. The average Bonchev–Trinajstić information content (AvgIpc) is 2.67. The van der Waals surface area contributed by atoms with Gasteiger partial charge < -0.3 is 16.0 Å². The Hall–Kier alpha value is -3.58. The van der Waals surface area contributed by atoms with Crippen LogP contribution in [0, 0.1) is 0 Å². The van der Waals surface area contributed by atoms with Gasteiger partial charge in [0.2, 0.25) is 5.95 Å². The molecule has 5 N–H and O–H groups in total. The number of aromatic amines is 2. The highest BCUT2D eigenvalue weighted by molar-refractivity contribution is 6.30. The van der Waals surface area contributed by atoms with E-state index in [-0.39, 0.29) is 11.5 Å². The zero-order valence-electron chi connectivity index (χ0n) is 14.4. The third kappa shape index (κ3) is 2.40. The van der Waals surface area contributed by atoms with Gasteiger partial charge in [-0.2, -0.15) is 4.98 Å². The van der Waals surface area contributed by atoms with Gasteiger partial charge in [0.1, 0.15) is 5.82 Å². The van der Waals surface area contributed by atoms with Crippen molar-refractivity contribution in [3.05, 3.63) is 91.0 Å². The van der Waals surface area contributed by atoms with E-state index in [1.807, 2.05) is 24.3 Å². The van der Waals surface area contributed by atoms with Gasteiger partial charge in [-0.1, -0.05) is 41.9 Å². The van der Waals surface area contributed by atoms with Crippen LogP contribution in [0.4, 0.5) is 17.5 Å². The largest absolute Gasteiger partial charge is 0.369 e. The van der Waals surface area contributed by atoms with E-state index in [0.717, 1.165) is 10.9 Å². The van der Waals surface area contributed by atoms with Gasteiger partial charge in [-0.15, -0.1) is 0 Å². The lowest BCUT2D eigenvalue weighted by molar-refractivity contribution is 0.894. The molecule has 138 valence electrons. The zero-order valence-corrected chi connectivity index (χ0v) is 15.2. The van der Waals surface area contributed by atoms with Gasteiger partial charge in [0, 0.05) is 10.4 Å². The highest BCUT2D eigenvalue weighted by atomic mass is 35.5. The van der Waals surface area contributed by atoms with Crippen LogP contribution in [-0.2, 0) is 0 Å². The number of aromatic nitrogens is 3. The van der Waals surface area contributed by atoms with Crippen LogP contribution in [0.15, 0.2) is 58.1 Å². The lowest BCUT2D eigenvalue weighted by Gasteiger charge is -2.28. The van der Waals surface area contributed by atoms with E-state index in [0.29, 0.717) is 33.2 Å². The first-order chi connectivity index (χ1) is 13.5. The summed E-state index contributed by atoms with van der Waals surface area (Å²) in [5.74, 6) is -0.276. The molecule has 1 unspecified atom stereocenters. The number of pyridine rings is 1. The van der Waals surface area contributed by atoms with E-state index in [4.69, 9.17) is 17.3 Å². The number of nitrogen functional groups attached to an aromatic ring is 1. The minimum atomic E-state index is -0.617. The maximum absolute atomic E-state index is 13.0. The molecule has 4 aromatic rings. The maximum atomic E-state index is 13.0. The van der Waals surface area contributed by atoms with Crippen molar-refractivity contribution >= 4 is 40.0 Å². The highest BCUT2D eigenvalue weighted by Gasteiger charge is 2.34. The second-order valence-electron chi connectivity index (χ2n) is 6.61. The zero-order chi connectivity index (χ0) is 19.4. The fourth-order valence-electron chi connectivity index (χ4n) is 3.78. The third-order valence-electron chi connectivity index (χ3n) is 4.96. The summed E-state index contributed by atoms with van der Waals surface area (Å²) in [6.45, 7) is 0. The number of fused-ring (bicyclic) bond motifs is 4. The number of nitrogens with two attached hydrogens (primary N) is 1. The number of rotatable bonds is 1. The average molecular weight is 392 g/mol. The smallest absolute Gasteiger partial charge is 0.258 e. The Morgan fingerprint density at radius 2 is 1.64 bits per heavy atom. The Balaban J connectivity index is 1.91. The van der Waals surface area contributed by atoms with Crippen molar-refractivity contribution in [2.75, 3.05) is 11.1 Å². The molecule has 0 aliphatic carbocycles. The molecule has 5 rings (SSSR count). The Labute approximate surface area is 163 Å². The molecule has 0 saturated heterocycles. The van der Waals surface area contributed by atoms with E-state index < -0.39 is 11.5 Å². The summed E-state index contributed by atoms with van der Waals surface area (Å²) in [4.78, 5) is 35.5. The number of halogens is 1. The topological polar surface area (TPSA) is 117 Å². The highest BCUT2D eigenvalue weighted by Crippen LogP contribution is 2.43. The van der Waals surface area contributed by atoms with Crippen molar-refractivity contribution in [3.63, 3.8) is 0 Å². The number of nitrogens with zero attached hydrogens (tertiary/aromatic N) is 1. The van der Waals surface area contributed by atoms with Gasteiger partial charge in [0.15, 0.2) is 0 Å². The molecule has 28 heavy (non-hydrogen) atoms. The molecule has 0 spiro atoms.